The van der Waals surface area contributed by atoms with Crippen molar-refractivity contribution in [1.82, 2.24) is 0 Å². The molecule has 0 radical (unpaired) electrons. The molecule has 0 amide bonds. The van der Waals surface area contributed by atoms with Gasteiger partial charge in [0.25, 0.3) is 0 Å². The molecule has 2 heterocycles. The van der Waals surface area contributed by atoms with Crippen molar-refractivity contribution in [1.29, 1.82) is 0 Å². The zero-order valence-electron chi connectivity index (χ0n) is 17.2. The van der Waals surface area contributed by atoms with Crippen molar-refractivity contribution in [3.05, 3.63) is 62.5 Å². The zero-order valence-corrected chi connectivity index (χ0v) is 17.2. The van der Waals surface area contributed by atoms with E-state index in [0.717, 1.165) is 34.9 Å². The maximum Gasteiger partial charge on any atom is 0.339 e. The summed E-state index contributed by atoms with van der Waals surface area (Å²) in [6.07, 6.45) is 2.08. The fraction of sp³-hybridized carbons (Fsp3) is 0.333. The fourth-order valence-electron chi connectivity index (χ4n) is 4.71. The Kier molecular flexibility index (Phi) is 4.31. The van der Waals surface area contributed by atoms with Crippen LogP contribution in [0.2, 0.25) is 0 Å². The number of methoxy groups -OCH3 is 2. The molecule has 1 aliphatic heterocycles. The number of carbonyl (C=O) groups is 1. The second-order valence-corrected chi connectivity index (χ2v) is 7.81. The number of ether oxygens (including phenoxy) is 3. The topological polar surface area (TPSA) is 75.0 Å². The number of aryl methyl sites for hydroxylation is 2. The van der Waals surface area contributed by atoms with E-state index >= 15 is 0 Å². The molecule has 0 spiro atoms. The van der Waals surface area contributed by atoms with E-state index < -0.39 is 6.10 Å². The number of benzene rings is 2. The average molecular weight is 406 g/mol. The van der Waals surface area contributed by atoms with Gasteiger partial charge < -0.3 is 18.6 Å². The number of ketones is 1. The third kappa shape index (κ3) is 2.70. The Hall–Kier alpha value is -3.28. The Morgan fingerprint density at radius 1 is 1.03 bits per heavy atom. The summed E-state index contributed by atoms with van der Waals surface area (Å²) in [5, 5.41) is 0.758. The summed E-state index contributed by atoms with van der Waals surface area (Å²) in [6.45, 7) is 1.85. The van der Waals surface area contributed by atoms with Crippen LogP contribution in [-0.2, 0) is 12.8 Å². The standard InChI is InChI=1S/C24H22O6/c1-12-9-20-22(14-5-4-6-15(14)24(26)30-20)23-21(12)17(25)11-19(29-23)16-8-7-13(27-2)10-18(16)28-3/h7-10,19H,4-6,11H2,1-3H3. The zero-order chi connectivity index (χ0) is 21.0. The smallest absolute Gasteiger partial charge is 0.339 e. The number of Topliss-reactive ketones (excluding diaryl/α,β-unsaturated/α-hetero) is 1. The minimum absolute atomic E-state index is 0.0106. The molecule has 1 atom stereocenters. The second kappa shape index (κ2) is 6.90. The molecule has 30 heavy (non-hydrogen) atoms. The lowest BCUT2D eigenvalue weighted by Crippen LogP contribution is -2.23. The minimum Gasteiger partial charge on any atom is -0.497 e. The summed E-state index contributed by atoms with van der Waals surface area (Å²) in [4.78, 5) is 25.6. The van der Waals surface area contributed by atoms with Crippen LogP contribution in [0, 0.1) is 6.92 Å². The molecule has 0 N–H and O–H groups in total. The Bertz CT molecular complexity index is 1250. The minimum atomic E-state index is -0.500. The van der Waals surface area contributed by atoms with Crippen LogP contribution in [0.25, 0.3) is 11.0 Å². The molecule has 2 aliphatic rings. The van der Waals surface area contributed by atoms with Crippen molar-refractivity contribution in [3.8, 4) is 17.2 Å². The van der Waals surface area contributed by atoms with Gasteiger partial charge in [0.1, 0.15) is 28.9 Å². The van der Waals surface area contributed by atoms with Crippen molar-refractivity contribution in [2.45, 2.75) is 38.7 Å². The second-order valence-electron chi connectivity index (χ2n) is 7.81. The van der Waals surface area contributed by atoms with Crippen molar-refractivity contribution in [3.63, 3.8) is 0 Å². The summed E-state index contributed by atoms with van der Waals surface area (Å²) >= 11 is 0. The van der Waals surface area contributed by atoms with Gasteiger partial charge in [-0.3, -0.25) is 4.79 Å². The lowest BCUT2D eigenvalue weighted by molar-refractivity contribution is 0.0849. The summed E-state index contributed by atoms with van der Waals surface area (Å²) in [6, 6.07) is 7.25. The maximum absolute atomic E-state index is 13.2. The molecule has 0 saturated carbocycles. The first-order valence-corrected chi connectivity index (χ1v) is 10.1. The van der Waals surface area contributed by atoms with Crippen LogP contribution in [0.5, 0.6) is 17.2 Å². The molecule has 6 heteroatoms. The number of rotatable bonds is 3. The van der Waals surface area contributed by atoms with Gasteiger partial charge in [-0.1, -0.05) is 0 Å². The van der Waals surface area contributed by atoms with Gasteiger partial charge in [0.2, 0.25) is 0 Å². The Morgan fingerprint density at radius 3 is 2.60 bits per heavy atom. The molecule has 3 aromatic rings. The summed E-state index contributed by atoms with van der Waals surface area (Å²) in [5.41, 5.74) is 3.96. The number of carbonyl (C=O) groups excluding carboxylic acids is 1. The van der Waals surface area contributed by atoms with Crippen LogP contribution in [-0.4, -0.2) is 20.0 Å². The normalized spacial score (nSPS) is 17.4. The number of fused-ring (bicyclic) bond motifs is 5. The fourth-order valence-corrected chi connectivity index (χ4v) is 4.71. The molecular weight excluding hydrogens is 384 g/mol. The molecule has 5 rings (SSSR count). The third-order valence-electron chi connectivity index (χ3n) is 6.11. The maximum atomic E-state index is 13.2. The molecule has 2 aromatic carbocycles. The third-order valence-corrected chi connectivity index (χ3v) is 6.11. The molecule has 6 nitrogen and oxygen atoms in total. The number of hydrogen-bond donors (Lipinski definition) is 0. The quantitative estimate of drug-likeness (QED) is 0.603. The summed E-state index contributed by atoms with van der Waals surface area (Å²) < 4.78 is 22.9. The lowest BCUT2D eigenvalue weighted by Gasteiger charge is -2.29. The largest absolute Gasteiger partial charge is 0.497 e. The molecule has 0 fully saturated rings. The van der Waals surface area contributed by atoms with Crippen LogP contribution >= 0.6 is 0 Å². The number of hydrogen-bond acceptors (Lipinski definition) is 6. The highest BCUT2D eigenvalue weighted by Crippen LogP contribution is 2.46. The van der Waals surface area contributed by atoms with Gasteiger partial charge in [-0.15, -0.1) is 0 Å². The van der Waals surface area contributed by atoms with E-state index in [4.69, 9.17) is 18.6 Å². The Morgan fingerprint density at radius 2 is 1.83 bits per heavy atom. The summed E-state index contributed by atoms with van der Waals surface area (Å²) in [7, 11) is 3.17. The first-order chi connectivity index (χ1) is 14.5. The predicted molar refractivity (Wildman–Crippen MR) is 111 cm³/mol. The van der Waals surface area contributed by atoms with Gasteiger partial charge in [0.05, 0.1) is 31.6 Å². The van der Waals surface area contributed by atoms with Crippen molar-refractivity contribution in [2.24, 2.45) is 0 Å². The van der Waals surface area contributed by atoms with Crippen molar-refractivity contribution in [2.75, 3.05) is 14.2 Å². The Labute approximate surface area is 173 Å². The van der Waals surface area contributed by atoms with E-state index in [1.165, 1.54) is 0 Å². The van der Waals surface area contributed by atoms with E-state index in [1.54, 1.807) is 26.4 Å². The SMILES string of the molecule is COc1ccc(C2CC(=O)c3c(C)cc4oc(=O)c5c(c4c3O2)CCC5)c(OC)c1. The van der Waals surface area contributed by atoms with Crippen molar-refractivity contribution < 1.29 is 23.4 Å². The van der Waals surface area contributed by atoms with E-state index in [0.29, 0.717) is 40.4 Å². The van der Waals surface area contributed by atoms with Crippen LogP contribution in [0.1, 0.15) is 51.6 Å². The Balaban J connectivity index is 1.72. The molecule has 0 saturated heterocycles. The van der Waals surface area contributed by atoms with Crippen LogP contribution in [0.4, 0.5) is 0 Å². The molecule has 1 unspecified atom stereocenters. The van der Waals surface area contributed by atoms with Gasteiger partial charge >= 0.3 is 5.63 Å². The molecule has 1 aliphatic carbocycles. The average Bonchev–Trinajstić information content (AvgIpc) is 3.23. The van der Waals surface area contributed by atoms with E-state index in [1.807, 2.05) is 19.1 Å². The molecule has 154 valence electrons. The molecule has 1 aromatic heterocycles. The predicted octanol–water partition coefficient (Wildman–Crippen LogP) is 4.31. The molecular formula is C24H22O6. The lowest BCUT2D eigenvalue weighted by atomic mass is 9.90. The first kappa shape index (κ1) is 18.7. The highest BCUT2D eigenvalue weighted by atomic mass is 16.5. The van der Waals surface area contributed by atoms with Crippen LogP contribution in [0.3, 0.4) is 0 Å². The molecule has 0 bridgehead atoms. The van der Waals surface area contributed by atoms with Gasteiger partial charge in [-0.05, 0) is 55.5 Å². The van der Waals surface area contributed by atoms with E-state index in [-0.39, 0.29) is 17.8 Å². The van der Waals surface area contributed by atoms with Gasteiger partial charge in [-0.2, -0.15) is 0 Å². The van der Waals surface area contributed by atoms with Crippen LogP contribution < -0.4 is 19.8 Å². The van der Waals surface area contributed by atoms with Gasteiger partial charge in [0, 0.05) is 17.2 Å². The first-order valence-electron chi connectivity index (χ1n) is 10.1. The van der Waals surface area contributed by atoms with Gasteiger partial charge in [-0.25, -0.2) is 4.79 Å². The van der Waals surface area contributed by atoms with E-state index in [9.17, 15) is 9.59 Å². The summed E-state index contributed by atoms with van der Waals surface area (Å²) in [5.74, 6) is 1.80. The highest BCUT2D eigenvalue weighted by Gasteiger charge is 2.34. The monoisotopic (exact) mass is 406 g/mol. The highest BCUT2D eigenvalue weighted by molar-refractivity contribution is 6.07. The van der Waals surface area contributed by atoms with Crippen LogP contribution in [0.15, 0.2) is 33.5 Å². The van der Waals surface area contributed by atoms with Gasteiger partial charge in [0.15, 0.2) is 5.78 Å². The van der Waals surface area contributed by atoms with E-state index in [2.05, 4.69) is 0 Å². The van der Waals surface area contributed by atoms with Crippen molar-refractivity contribution >= 4 is 16.8 Å².